The van der Waals surface area contributed by atoms with Gasteiger partial charge in [0.25, 0.3) is 0 Å². The Bertz CT molecular complexity index is 678. The van der Waals surface area contributed by atoms with Crippen LogP contribution >= 0.6 is 0 Å². The van der Waals surface area contributed by atoms with Gasteiger partial charge >= 0.3 is 58.2 Å². The summed E-state index contributed by atoms with van der Waals surface area (Å²) in [5, 5.41) is 0. The van der Waals surface area contributed by atoms with Gasteiger partial charge in [0.2, 0.25) is 0 Å². The monoisotopic (exact) mass is 445 g/mol. The van der Waals surface area contributed by atoms with Gasteiger partial charge in [0.15, 0.2) is 18.0 Å². The van der Waals surface area contributed by atoms with E-state index in [4.69, 9.17) is 14.2 Å². The molecule has 0 saturated carbocycles. The summed E-state index contributed by atoms with van der Waals surface area (Å²) in [6, 6.07) is 5.83. The molecule has 0 spiro atoms. The minimum atomic E-state index is 0. The second-order valence-electron chi connectivity index (χ2n) is 7.53. The van der Waals surface area contributed by atoms with Crippen molar-refractivity contribution in [2.24, 2.45) is 5.41 Å². The van der Waals surface area contributed by atoms with Crippen LogP contribution in [-0.2, 0) is 9.53 Å². The molecular weight excluding hydrogens is 416 g/mol. The molecule has 1 fully saturated rings. The van der Waals surface area contributed by atoms with E-state index < -0.39 is 0 Å². The van der Waals surface area contributed by atoms with Gasteiger partial charge in [0.05, 0.1) is 14.2 Å². The maximum absolute atomic E-state index is 10.2. The van der Waals surface area contributed by atoms with Gasteiger partial charge in [-0.05, 0) is 57.0 Å². The van der Waals surface area contributed by atoms with Gasteiger partial charge in [0.1, 0.15) is 0 Å². The summed E-state index contributed by atoms with van der Waals surface area (Å²) in [4.78, 5) is 12.6. The maximum Gasteiger partial charge on any atom is 1.00 e. The standard InChI is InChI=1S/C12H18NO2.C9H12O2.Rb/c1-11-5-4-10(15-9-14)8-12(11,2)13(3)7-6-11;1-7-4-5-8(10-2)9(6-7)11-3;/h8H,4-7H2,1-3H3;4-6H,1-3H3;/q-1;;+1/t11-,12-;;/m0../s1. The van der Waals surface area contributed by atoms with Gasteiger partial charge in [-0.3, -0.25) is 4.90 Å². The molecule has 2 aliphatic rings. The fourth-order valence-corrected chi connectivity index (χ4v) is 3.89. The Morgan fingerprint density at radius 2 is 1.78 bits per heavy atom. The van der Waals surface area contributed by atoms with Gasteiger partial charge < -0.3 is 19.0 Å². The Kier molecular flexibility index (Phi) is 9.69. The van der Waals surface area contributed by atoms with E-state index in [-0.39, 0.29) is 63.7 Å². The predicted molar refractivity (Wildman–Crippen MR) is 102 cm³/mol. The van der Waals surface area contributed by atoms with Crippen molar-refractivity contribution in [2.75, 3.05) is 27.8 Å². The van der Waals surface area contributed by atoms with E-state index in [9.17, 15) is 4.79 Å². The number of carbonyl (C=O) groups excluding carboxylic acids is 1. The van der Waals surface area contributed by atoms with Crippen LogP contribution in [0.2, 0.25) is 0 Å². The molecule has 0 N–H and O–H groups in total. The summed E-state index contributed by atoms with van der Waals surface area (Å²) < 4.78 is 15.0. The van der Waals surface area contributed by atoms with Gasteiger partial charge in [-0.15, -0.1) is 6.08 Å². The van der Waals surface area contributed by atoms with Crippen molar-refractivity contribution < 1.29 is 77.2 Å². The smallest absolute Gasteiger partial charge is 0.614 e. The number of aryl methyl sites for hydroxylation is 1. The van der Waals surface area contributed by atoms with Crippen molar-refractivity contribution in [3.05, 3.63) is 35.6 Å². The molecule has 0 unspecified atom stereocenters. The molecule has 0 radical (unpaired) electrons. The predicted octanol–water partition coefficient (Wildman–Crippen LogP) is 0.865. The van der Waals surface area contributed by atoms with Crippen LogP contribution in [-0.4, -0.2) is 44.7 Å². The average molecular weight is 446 g/mol. The topological polar surface area (TPSA) is 48.0 Å². The van der Waals surface area contributed by atoms with Gasteiger partial charge in [-0.1, -0.05) is 31.6 Å². The van der Waals surface area contributed by atoms with E-state index in [1.165, 1.54) is 18.5 Å². The molecule has 2 atom stereocenters. The number of allylic oxidation sites excluding steroid dienone is 1. The normalized spacial score (nSPS) is 26.5. The van der Waals surface area contributed by atoms with E-state index in [1.54, 1.807) is 14.2 Å². The van der Waals surface area contributed by atoms with E-state index in [0.717, 1.165) is 36.6 Å². The van der Waals surface area contributed by atoms with Crippen LogP contribution in [0.4, 0.5) is 0 Å². The SMILES string of the molecule is CN1CC[C@]2(C)CCC(O[C-]=O)=C[C@]12C.COc1ccc(C)cc1OC.[Rb+]. The first kappa shape index (κ1) is 24.8. The van der Waals surface area contributed by atoms with Crippen molar-refractivity contribution >= 4 is 6.47 Å². The number of methoxy groups -OCH3 is 2. The summed E-state index contributed by atoms with van der Waals surface area (Å²) in [6.45, 7) is 9.21. The molecule has 1 saturated heterocycles. The summed E-state index contributed by atoms with van der Waals surface area (Å²) in [7, 11) is 5.40. The van der Waals surface area contributed by atoms with Crippen molar-refractivity contribution in [2.45, 2.75) is 45.6 Å². The molecule has 0 bridgehead atoms. The Morgan fingerprint density at radius 3 is 2.37 bits per heavy atom. The molecule has 144 valence electrons. The molecule has 1 heterocycles. The number of rotatable bonds is 4. The molecule has 27 heavy (non-hydrogen) atoms. The summed E-state index contributed by atoms with van der Waals surface area (Å²) >= 11 is 0. The zero-order valence-corrected chi connectivity index (χ0v) is 22.6. The zero-order valence-electron chi connectivity index (χ0n) is 17.7. The molecule has 1 aliphatic carbocycles. The van der Waals surface area contributed by atoms with E-state index >= 15 is 0 Å². The quantitative estimate of drug-likeness (QED) is 0.643. The molecule has 0 amide bonds. The number of hydrogen-bond donors (Lipinski definition) is 0. The first-order chi connectivity index (χ1) is 12.3. The Labute approximate surface area is 212 Å². The minimum absolute atomic E-state index is 0. The fourth-order valence-electron chi connectivity index (χ4n) is 3.89. The van der Waals surface area contributed by atoms with E-state index in [2.05, 4.69) is 31.9 Å². The number of hydrogen-bond acceptors (Lipinski definition) is 5. The Morgan fingerprint density at radius 1 is 1.11 bits per heavy atom. The van der Waals surface area contributed by atoms with E-state index in [1.807, 2.05) is 25.1 Å². The minimum Gasteiger partial charge on any atom is -0.614 e. The van der Waals surface area contributed by atoms with Crippen molar-refractivity contribution in [1.29, 1.82) is 0 Å². The van der Waals surface area contributed by atoms with Crippen LogP contribution in [0.25, 0.3) is 0 Å². The summed E-state index contributed by atoms with van der Waals surface area (Å²) in [5.74, 6) is 2.34. The molecule has 1 aromatic rings. The summed E-state index contributed by atoms with van der Waals surface area (Å²) in [6.07, 6.45) is 5.26. The number of benzene rings is 1. The van der Waals surface area contributed by atoms with Crippen molar-refractivity contribution in [1.82, 2.24) is 4.90 Å². The van der Waals surface area contributed by atoms with Crippen LogP contribution in [0.1, 0.15) is 38.7 Å². The van der Waals surface area contributed by atoms with Crippen molar-refractivity contribution in [3.8, 4) is 11.5 Å². The average Bonchev–Trinajstić information content (AvgIpc) is 2.86. The molecular formula is C21H30NO4Rb. The number of fused-ring (bicyclic) bond motifs is 1. The second-order valence-corrected chi connectivity index (χ2v) is 7.53. The van der Waals surface area contributed by atoms with Gasteiger partial charge in [0, 0.05) is 5.54 Å². The Hall–Kier alpha value is -0.205. The Balaban J connectivity index is 0.000000273. The molecule has 1 aliphatic heterocycles. The number of nitrogens with zero attached hydrogens (tertiary/aromatic N) is 1. The first-order valence-electron chi connectivity index (χ1n) is 8.95. The fraction of sp³-hybridized carbons (Fsp3) is 0.571. The van der Waals surface area contributed by atoms with Crippen LogP contribution in [0.15, 0.2) is 30.0 Å². The van der Waals surface area contributed by atoms with Crippen molar-refractivity contribution in [3.63, 3.8) is 0 Å². The third-order valence-electron chi connectivity index (χ3n) is 6.09. The van der Waals surface area contributed by atoms with E-state index in [0.29, 0.717) is 5.41 Å². The zero-order chi connectivity index (χ0) is 19.4. The van der Waals surface area contributed by atoms with Gasteiger partial charge in [-0.2, -0.15) is 0 Å². The molecule has 1 aromatic carbocycles. The number of likely N-dealkylation sites (N-methyl/N-ethyl adjacent to an activating group) is 1. The second kappa shape index (κ2) is 10.5. The molecule has 3 rings (SSSR count). The summed E-state index contributed by atoms with van der Waals surface area (Å²) in [5.41, 5.74) is 1.51. The largest absolute Gasteiger partial charge is 1.00 e. The maximum atomic E-state index is 10.2. The van der Waals surface area contributed by atoms with Crippen LogP contribution < -0.4 is 67.7 Å². The molecule has 5 nitrogen and oxygen atoms in total. The molecule has 0 aromatic heterocycles. The van der Waals surface area contributed by atoms with Crippen LogP contribution in [0, 0.1) is 12.3 Å². The third kappa shape index (κ3) is 5.44. The number of ether oxygens (including phenoxy) is 3. The van der Waals surface area contributed by atoms with Crippen LogP contribution in [0.3, 0.4) is 0 Å². The third-order valence-corrected chi connectivity index (χ3v) is 6.09. The number of likely N-dealkylation sites (tertiary alicyclic amines) is 1. The first-order valence-corrected chi connectivity index (χ1v) is 8.95. The molecule has 6 heteroatoms. The van der Waals surface area contributed by atoms with Crippen LogP contribution in [0.5, 0.6) is 11.5 Å². The van der Waals surface area contributed by atoms with Gasteiger partial charge in [-0.25, -0.2) is 0 Å².